The lowest BCUT2D eigenvalue weighted by atomic mass is 9.86. The molecule has 0 aliphatic heterocycles. The molecule has 2 aromatic heterocycles. The summed E-state index contributed by atoms with van der Waals surface area (Å²) >= 11 is 7.71. The van der Waals surface area contributed by atoms with Gasteiger partial charge >= 0.3 is 0 Å². The fraction of sp³-hybridized carbons (Fsp3) is 0.294. The summed E-state index contributed by atoms with van der Waals surface area (Å²) in [5.41, 5.74) is 3.79. The average molecular weight is 611 g/mol. The van der Waals surface area contributed by atoms with E-state index in [1.165, 1.54) is 0 Å². The Balaban J connectivity index is 1.05. The predicted octanol–water partition coefficient (Wildman–Crippen LogP) is 7.47. The first kappa shape index (κ1) is 29.1. The first-order chi connectivity index (χ1) is 20.9. The van der Waals surface area contributed by atoms with Crippen LogP contribution >= 0.6 is 22.9 Å². The van der Waals surface area contributed by atoms with Crippen LogP contribution in [0.1, 0.15) is 30.6 Å². The van der Waals surface area contributed by atoms with Crippen LogP contribution in [0.5, 0.6) is 0 Å². The summed E-state index contributed by atoms with van der Waals surface area (Å²) in [7, 11) is 4.02. The molecule has 1 amide bonds. The van der Waals surface area contributed by atoms with Gasteiger partial charge in [-0.1, -0.05) is 66.2 Å². The van der Waals surface area contributed by atoms with E-state index in [9.17, 15) is 4.79 Å². The molecule has 1 saturated carbocycles. The second-order valence-corrected chi connectivity index (χ2v) is 12.8. The number of aromatic nitrogens is 3. The standard InChI is InChI=1S/C34H35ClN6OS/c1-41(2)32-27-10-6-7-11-28(27)38-34(40-32)37-26-18-12-22(13-19-26)21-36-30(42)20-29-31(23-14-16-25(35)17-15-23)39-33(43-29)24-8-4-3-5-9-24/h3-11,14-17,22,26H,12-13,18-21H2,1-2H3,(H,36,42)(H,37,38,40)/t22-,26+. The molecule has 1 aliphatic rings. The zero-order valence-electron chi connectivity index (χ0n) is 24.4. The quantitative estimate of drug-likeness (QED) is 0.180. The lowest BCUT2D eigenvalue weighted by Gasteiger charge is -2.29. The maximum absolute atomic E-state index is 13.2. The third kappa shape index (κ3) is 6.98. The Bertz CT molecular complexity index is 1700. The number of hydrogen-bond acceptors (Lipinski definition) is 7. The highest BCUT2D eigenvalue weighted by Gasteiger charge is 2.24. The number of benzene rings is 3. The van der Waals surface area contributed by atoms with Crippen molar-refractivity contribution in [3.63, 3.8) is 0 Å². The lowest BCUT2D eigenvalue weighted by Crippen LogP contribution is -2.34. The number of hydrogen-bond donors (Lipinski definition) is 2. The highest BCUT2D eigenvalue weighted by Crippen LogP contribution is 2.35. The van der Waals surface area contributed by atoms with Crippen molar-refractivity contribution in [2.45, 2.75) is 38.1 Å². The van der Waals surface area contributed by atoms with Crippen molar-refractivity contribution in [3.8, 4) is 21.8 Å². The summed E-state index contributed by atoms with van der Waals surface area (Å²) < 4.78 is 0. The van der Waals surface area contributed by atoms with Crippen LogP contribution in [0.4, 0.5) is 11.8 Å². The number of thiazole rings is 1. The minimum Gasteiger partial charge on any atom is -0.362 e. The third-order valence-corrected chi connectivity index (χ3v) is 9.29. The molecule has 1 fully saturated rings. The number of rotatable bonds is 9. The first-order valence-corrected chi connectivity index (χ1v) is 15.9. The fourth-order valence-corrected chi connectivity index (χ4v) is 6.85. The van der Waals surface area contributed by atoms with Gasteiger partial charge in [-0.25, -0.2) is 9.97 Å². The molecule has 0 bridgehead atoms. The van der Waals surface area contributed by atoms with E-state index in [-0.39, 0.29) is 5.91 Å². The second-order valence-electron chi connectivity index (χ2n) is 11.3. The fourth-order valence-electron chi connectivity index (χ4n) is 5.63. The lowest BCUT2D eigenvalue weighted by molar-refractivity contribution is -0.120. The van der Waals surface area contributed by atoms with Gasteiger partial charge < -0.3 is 15.5 Å². The molecular formula is C34H35ClN6OS. The van der Waals surface area contributed by atoms with Gasteiger partial charge in [0.25, 0.3) is 0 Å². The van der Waals surface area contributed by atoms with E-state index in [0.29, 0.717) is 35.9 Å². The van der Waals surface area contributed by atoms with Gasteiger partial charge in [0, 0.05) is 53.1 Å². The van der Waals surface area contributed by atoms with Crippen LogP contribution in [-0.2, 0) is 11.2 Å². The van der Waals surface area contributed by atoms with Crippen LogP contribution < -0.4 is 15.5 Å². The van der Waals surface area contributed by atoms with Crippen molar-refractivity contribution >= 4 is 51.5 Å². The van der Waals surface area contributed by atoms with Gasteiger partial charge in [-0.05, 0) is 55.9 Å². The largest absolute Gasteiger partial charge is 0.362 e. The first-order valence-electron chi connectivity index (χ1n) is 14.7. The molecule has 0 saturated heterocycles. The Kier molecular flexibility index (Phi) is 8.86. The summed E-state index contributed by atoms with van der Waals surface area (Å²) in [5, 5.41) is 9.42. The molecule has 2 heterocycles. The number of nitrogens with one attached hydrogen (secondary N) is 2. The number of carbonyl (C=O) groups is 1. The number of amides is 1. The molecular weight excluding hydrogens is 576 g/mol. The number of fused-ring (bicyclic) bond motifs is 1. The number of carbonyl (C=O) groups excluding carboxylic acids is 1. The SMILES string of the molecule is CN(C)c1nc(N[C@H]2CC[C@@H](CNC(=O)Cc3sc(-c4ccccc4)nc3-c3ccc(Cl)cc3)CC2)nc2ccccc12. The molecule has 6 rings (SSSR count). The van der Waals surface area contributed by atoms with Gasteiger partial charge in [-0.2, -0.15) is 4.98 Å². The van der Waals surface area contributed by atoms with Gasteiger partial charge in [-0.15, -0.1) is 11.3 Å². The topological polar surface area (TPSA) is 83.0 Å². The Morgan fingerprint density at radius 1 is 0.884 bits per heavy atom. The smallest absolute Gasteiger partial charge is 0.225 e. The Morgan fingerprint density at radius 2 is 1.60 bits per heavy atom. The van der Waals surface area contributed by atoms with Crippen LogP contribution in [0.15, 0.2) is 78.9 Å². The maximum atomic E-state index is 13.2. The molecule has 0 radical (unpaired) electrons. The zero-order chi connectivity index (χ0) is 29.8. The number of nitrogens with zero attached hydrogens (tertiary/aromatic N) is 4. The molecule has 1 aliphatic carbocycles. The summed E-state index contributed by atoms with van der Waals surface area (Å²) in [4.78, 5) is 30.6. The van der Waals surface area contributed by atoms with Gasteiger partial charge in [0.1, 0.15) is 10.8 Å². The van der Waals surface area contributed by atoms with E-state index in [1.54, 1.807) is 11.3 Å². The molecule has 0 spiro atoms. The maximum Gasteiger partial charge on any atom is 0.225 e. The molecule has 5 aromatic rings. The van der Waals surface area contributed by atoms with Crippen molar-refractivity contribution in [2.75, 3.05) is 30.9 Å². The van der Waals surface area contributed by atoms with E-state index in [1.807, 2.05) is 91.8 Å². The van der Waals surface area contributed by atoms with E-state index >= 15 is 0 Å². The van der Waals surface area contributed by atoms with Crippen molar-refractivity contribution < 1.29 is 4.79 Å². The van der Waals surface area contributed by atoms with E-state index in [2.05, 4.69) is 16.7 Å². The van der Waals surface area contributed by atoms with Crippen LogP contribution in [-0.4, -0.2) is 47.5 Å². The van der Waals surface area contributed by atoms with Crippen LogP contribution in [0.2, 0.25) is 5.02 Å². The molecule has 7 nitrogen and oxygen atoms in total. The Labute approximate surface area is 261 Å². The monoisotopic (exact) mass is 610 g/mol. The van der Waals surface area contributed by atoms with Gasteiger partial charge in [0.15, 0.2) is 0 Å². The third-order valence-electron chi connectivity index (χ3n) is 7.93. The average Bonchev–Trinajstić information content (AvgIpc) is 3.44. The summed E-state index contributed by atoms with van der Waals surface area (Å²) in [6, 6.07) is 26.2. The van der Waals surface area contributed by atoms with E-state index in [4.69, 9.17) is 26.6 Å². The molecule has 0 unspecified atom stereocenters. The van der Waals surface area contributed by atoms with Crippen LogP contribution in [0.25, 0.3) is 32.7 Å². The van der Waals surface area contributed by atoms with Crippen molar-refractivity contribution in [1.29, 1.82) is 0 Å². The predicted molar refractivity (Wildman–Crippen MR) is 178 cm³/mol. The van der Waals surface area contributed by atoms with Gasteiger partial charge in [0.05, 0.1) is 17.6 Å². The zero-order valence-corrected chi connectivity index (χ0v) is 26.0. The minimum atomic E-state index is 0.0273. The van der Waals surface area contributed by atoms with Gasteiger partial charge in [-0.3, -0.25) is 4.79 Å². The van der Waals surface area contributed by atoms with E-state index in [0.717, 1.165) is 69.1 Å². The highest BCUT2D eigenvalue weighted by atomic mass is 35.5. The van der Waals surface area contributed by atoms with Crippen LogP contribution in [0, 0.1) is 5.92 Å². The normalized spacial score (nSPS) is 16.6. The Morgan fingerprint density at radius 3 is 2.35 bits per heavy atom. The number of para-hydroxylation sites is 1. The van der Waals surface area contributed by atoms with Crippen molar-refractivity contribution in [3.05, 3.63) is 88.8 Å². The highest BCUT2D eigenvalue weighted by molar-refractivity contribution is 7.15. The summed E-state index contributed by atoms with van der Waals surface area (Å²) in [6.45, 7) is 0.684. The van der Waals surface area contributed by atoms with Gasteiger partial charge in [0.2, 0.25) is 11.9 Å². The number of halogens is 1. The Hall–Kier alpha value is -4.01. The molecule has 9 heteroatoms. The van der Waals surface area contributed by atoms with E-state index < -0.39 is 0 Å². The summed E-state index contributed by atoms with van der Waals surface area (Å²) in [6.07, 6.45) is 4.42. The molecule has 0 atom stereocenters. The minimum absolute atomic E-state index is 0.0273. The van der Waals surface area contributed by atoms with Crippen molar-refractivity contribution in [1.82, 2.24) is 20.3 Å². The van der Waals surface area contributed by atoms with Crippen LogP contribution in [0.3, 0.4) is 0 Å². The molecule has 3 aromatic carbocycles. The molecule has 220 valence electrons. The van der Waals surface area contributed by atoms with Crippen molar-refractivity contribution in [2.24, 2.45) is 5.92 Å². The summed E-state index contributed by atoms with van der Waals surface area (Å²) in [5.74, 6) is 2.07. The molecule has 43 heavy (non-hydrogen) atoms. The second kappa shape index (κ2) is 13.1. The molecule has 2 N–H and O–H groups in total. The number of anilines is 2.